The summed E-state index contributed by atoms with van der Waals surface area (Å²) in [4.78, 5) is 39.6. The highest BCUT2D eigenvalue weighted by Gasteiger charge is 2.41. The molecule has 7 heteroatoms. The van der Waals surface area contributed by atoms with Crippen molar-refractivity contribution in [2.24, 2.45) is 0 Å². The first-order valence-electron chi connectivity index (χ1n) is 9.90. The van der Waals surface area contributed by atoms with Crippen molar-refractivity contribution in [1.29, 1.82) is 0 Å². The Balaban J connectivity index is 1.91. The fraction of sp³-hybridized carbons (Fsp3) is 0.348. The van der Waals surface area contributed by atoms with Crippen LogP contribution in [-0.4, -0.2) is 35.9 Å². The van der Waals surface area contributed by atoms with Crippen LogP contribution in [0.2, 0.25) is 0 Å². The van der Waals surface area contributed by atoms with Crippen molar-refractivity contribution in [3.05, 3.63) is 53.6 Å². The van der Waals surface area contributed by atoms with E-state index in [1.54, 1.807) is 38.1 Å². The Morgan fingerprint density at radius 3 is 2.50 bits per heavy atom. The molecule has 0 fully saturated rings. The number of hydrogen-bond donors (Lipinski definition) is 2. The molecular formula is C23H27N3O4. The summed E-state index contributed by atoms with van der Waals surface area (Å²) in [5, 5.41) is 5.67. The van der Waals surface area contributed by atoms with Gasteiger partial charge in [-0.25, -0.2) is 0 Å². The fourth-order valence-electron chi connectivity index (χ4n) is 3.26. The lowest BCUT2D eigenvalue weighted by Gasteiger charge is -2.38. The summed E-state index contributed by atoms with van der Waals surface area (Å²) in [7, 11) is 0. The lowest BCUT2D eigenvalue weighted by atomic mass is 10.0. The van der Waals surface area contributed by atoms with Crippen LogP contribution >= 0.6 is 0 Å². The van der Waals surface area contributed by atoms with Gasteiger partial charge in [0, 0.05) is 17.3 Å². The number of benzene rings is 2. The highest BCUT2D eigenvalue weighted by molar-refractivity contribution is 6.08. The number of ether oxygens (including phenoxy) is 1. The van der Waals surface area contributed by atoms with Crippen molar-refractivity contribution in [3.63, 3.8) is 0 Å². The molecule has 2 N–H and O–H groups in total. The lowest BCUT2D eigenvalue weighted by Crippen LogP contribution is -2.54. The molecule has 0 radical (unpaired) electrons. The lowest BCUT2D eigenvalue weighted by molar-refractivity contribution is -0.133. The number of rotatable bonds is 5. The van der Waals surface area contributed by atoms with Gasteiger partial charge in [0.2, 0.25) is 5.91 Å². The Labute approximate surface area is 176 Å². The number of aryl methyl sites for hydroxylation is 1. The van der Waals surface area contributed by atoms with Gasteiger partial charge in [-0.2, -0.15) is 0 Å². The average molecular weight is 409 g/mol. The first kappa shape index (κ1) is 21.4. The maximum atomic E-state index is 13.0. The monoisotopic (exact) mass is 409 g/mol. The zero-order valence-corrected chi connectivity index (χ0v) is 17.9. The summed E-state index contributed by atoms with van der Waals surface area (Å²) in [5.41, 5.74) is 1.27. The van der Waals surface area contributed by atoms with Gasteiger partial charge in [-0.1, -0.05) is 18.2 Å². The van der Waals surface area contributed by atoms with E-state index in [0.717, 1.165) is 5.56 Å². The van der Waals surface area contributed by atoms with Crippen LogP contribution in [0, 0.1) is 6.92 Å². The van der Waals surface area contributed by atoms with E-state index >= 15 is 0 Å². The Bertz CT molecular complexity index is 998. The molecule has 7 nitrogen and oxygen atoms in total. The molecule has 30 heavy (non-hydrogen) atoms. The van der Waals surface area contributed by atoms with Crippen molar-refractivity contribution in [2.45, 2.75) is 46.3 Å². The second-order valence-corrected chi connectivity index (χ2v) is 8.18. The van der Waals surface area contributed by atoms with Crippen LogP contribution < -0.4 is 20.3 Å². The molecule has 1 aliphatic heterocycles. The predicted molar refractivity (Wildman–Crippen MR) is 116 cm³/mol. The molecular weight excluding hydrogens is 382 g/mol. The highest BCUT2D eigenvalue weighted by atomic mass is 16.5. The van der Waals surface area contributed by atoms with Gasteiger partial charge < -0.3 is 15.4 Å². The molecule has 0 atom stereocenters. The summed E-state index contributed by atoms with van der Waals surface area (Å²) >= 11 is 0. The molecule has 1 aliphatic rings. The standard InChI is InChI=1S/C23H27N3O4/c1-14(2)24-21(28)16-10-11-19-18(12-16)26(22(29)23(4,5)30-19)13-20(27)25-17-9-7-6-8-15(17)3/h6-12,14H,13H2,1-5H3,(H,24,28)(H,25,27). The summed E-state index contributed by atoms with van der Waals surface area (Å²) in [5.74, 6) is -0.492. The van der Waals surface area contributed by atoms with Crippen LogP contribution in [0.15, 0.2) is 42.5 Å². The number of anilines is 2. The van der Waals surface area contributed by atoms with E-state index in [9.17, 15) is 14.4 Å². The maximum Gasteiger partial charge on any atom is 0.271 e. The molecule has 0 aliphatic carbocycles. The number of amides is 3. The molecule has 0 spiro atoms. The van der Waals surface area contributed by atoms with Crippen LogP contribution in [0.25, 0.3) is 0 Å². The molecule has 3 rings (SSSR count). The largest absolute Gasteiger partial charge is 0.476 e. The summed E-state index contributed by atoms with van der Waals surface area (Å²) in [6.07, 6.45) is 0. The minimum atomic E-state index is -1.13. The van der Waals surface area contributed by atoms with E-state index in [-0.39, 0.29) is 30.3 Å². The number of nitrogens with zero attached hydrogens (tertiary/aromatic N) is 1. The third-order valence-corrected chi connectivity index (χ3v) is 4.78. The number of hydrogen-bond acceptors (Lipinski definition) is 4. The summed E-state index contributed by atoms with van der Waals surface area (Å²) < 4.78 is 5.84. The Hall–Kier alpha value is -3.35. The molecule has 0 saturated carbocycles. The number of carbonyl (C=O) groups is 3. The molecule has 158 valence electrons. The zero-order valence-electron chi connectivity index (χ0n) is 17.9. The van der Waals surface area contributed by atoms with Gasteiger partial charge in [-0.15, -0.1) is 0 Å². The Morgan fingerprint density at radius 2 is 1.83 bits per heavy atom. The van der Waals surface area contributed by atoms with Crippen LogP contribution in [0.4, 0.5) is 11.4 Å². The third kappa shape index (κ3) is 4.45. The van der Waals surface area contributed by atoms with Gasteiger partial charge in [0.25, 0.3) is 11.8 Å². The van der Waals surface area contributed by atoms with Gasteiger partial charge in [-0.3, -0.25) is 19.3 Å². The third-order valence-electron chi connectivity index (χ3n) is 4.78. The number of carbonyl (C=O) groups excluding carboxylic acids is 3. The van der Waals surface area contributed by atoms with Crippen molar-refractivity contribution >= 4 is 29.1 Å². The van der Waals surface area contributed by atoms with Crippen molar-refractivity contribution in [1.82, 2.24) is 5.32 Å². The van der Waals surface area contributed by atoms with Gasteiger partial charge in [0.15, 0.2) is 5.60 Å². The minimum Gasteiger partial charge on any atom is -0.476 e. The quantitative estimate of drug-likeness (QED) is 0.793. The second kappa shape index (κ2) is 8.18. The first-order chi connectivity index (χ1) is 14.1. The number of para-hydroxylation sites is 1. The zero-order chi connectivity index (χ0) is 22.1. The molecule has 1 heterocycles. The van der Waals surface area contributed by atoms with Gasteiger partial charge in [0.1, 0.15) is 12.3 Å². The van der Waals surface area contributed by atoms with Gasteiger partial charge in [-0.05, 0) is 64.4 Å². The van der Waals surface area contributed by atoms with E-state index in [2.05, 4.69) is 10.6 Å². The Morgan fingerprint density at radius 1 is 1.13 bits per heavy atom. The summed E-state index contributed by atoms with van der Waals surface area (Å²) in [6.45, 7) is 8.75. The molecule has 0 bridgehead atoms. The van der Waals surface area contributed by atoms with Crippen molar-refractivity contribution in [3.8, 4) is 5.75 Å². The number of nitrogens with one attached hydrogen (secondary N) is 2. The minimum absolute atomic E-state index is 0.0265. The second-order valence-electron chi connectivity index (χ2n) is 8.18. The molecule has 0 unspecified atom stereocenters. The van der Waals surface area contributed by atoms with Crippen molar-refractivity contribution in [2.75, 3.05) is 16.8 Å². The predicted octanol–water partition coefficient (Wildman–Crippen LogP) is 3.28. The molecule has 2 aromatic carbocycles. The highest BCUT2D eigenvalue weighted by Crippen LogP contribution is 2.38. The van der Waals surface area contributed by atoms with Crippen molar-refractivity contribution < 1.29 is 19.1 Å². The van der Waals surface area contributed by atoms with E-state index in [0.29, 0.717) is 22.7 Å². The molecule has 0 aromatic heterocycles. The van der Waals surface area contributed by atoms with Crippen LogP contribution in [0.5, 0.6) is 5.75 Å². The molecule has 0 saturated heterocycles. The van der Waals surface area contributed by atoms with E-state index < -0.39 is 5.60 Å². The van der Waals surface area contributed by atoms with Gasteiger partial charge in [0.05, 0.1) is 5.69 Å². The first-order valence-corrected chi connectivity index (χ1v) is 9.90. The maximum absolute atomic E-state index is 13.0. The smallest absolute Gasteiger partial charge is 0.271 e. The number of fused-ring (bicyclic) bond motifs is 1. The van der Waals surface area contributed by atoms with Crippen LogP contribution in [-0.2, 0) is 9.59 Å². The molecule has 2 aromatic rings. The Kier molecular flexibility index (Phi) is 5.82. The van der Waals surface area contributed by atoms with E-state index in [1.807, 2.05) is 39.0 Å². The van der Waals surface area contributed by atoms with Gasteiger partial charge >= 0.3 is 0 Å². The topological polar surface area (TPSA) is 87.7 Å². The summed E-state index contributed by atoms with van der Waals surface area (Å²) in [6, 6.07) is 12.3. The SMILES string of the molecule is Cc1ccccc1NC(=O)CN1C(=O)C(C)(C)Oc2ccc(C(=O)NC(C)C)cc21. The normalized spacial score (nSPS) is 14.7. The molecule has 3 amide bonds. The fourth-order valence-corrected chi connectivity index (χ4v) is 3.26. The van der Waals surface area contributed by atoms with E-state index in [1.165, 1.54) is 4.90 Å². The average Bonchev–Trinajstić information content (AvgIpc) is 2.66. The van der Waals surface area contributed by atoms with Crippen LogP contribution in [0.1, 0.15) is 43.6 Å². The van der Waals surface area contributed by atoms with Crippen LogP contribution in [0.3, 0.4) is 0 Å². The van der Waals surface area contributed by atoms with E-state index in [4.69, 9.17) is 4.74 Å².